The third-order valence-corrected chi connectivity index (χ3v) is 9.44. The Bertz CT molecular complexity index is 1090. The molecule has 4 nitrogen and oxygen atoms in total. The Morgan fingerprint density at radius 3 is 1.29 bits per heavy atom. The smallest absolute Gasteiger partial charge is 0.226 e. The molecule has 0 bridgehead atoms. The number of benzene rings is 2. The van der Waals surface area contributed by atoms with E-state index in [2.05, 4.69) is 99.9 Å². The van der Waals surface area contributed by atoms with Crippen LogP contribution in [0.1, 0.15) is 88.5 Å². The van der Waals surface area contributed by atoms with Crippen LogP contribution in [0.15, 0.2) is 48.5 Å². The zero-order chi connectivity index (χ0) is 27.2. The van der Waals surface area contributed by atoms with Crippen molar-refractivity contribution in [2.75, 3.05) is 26.2 Å². The molecule has 38 heavy (non-hydrogen) atoms. The van der Waals surface area contributed by atoms with Crippen LogP contribution in [0, 0.1) is 22.7 Å². The van der Waals surface area contributed by atoms with Crippen molar-refractivity contribution in [3.63, 3.8) is 0 Å². The second-order valence-corrected chi connectivity index (χ2v) is 14.0. The van der Waals surface area contributed by atoms with Crippen LogP contribution in [0.5, 0.6) is 0 Å². The van der Waals surface area contributed by atoms with Crippen molar-refractivity contribution in [2.45, 2.75) is 79.1 Å². The maximum absolute atomic E-state index is 13.9. The van der Waals surface area contributed by atoms with Gasteiger partial charge in [-0.3, -0.25) is 9.59 Å². The van der Waals surface area contributed by atoms with Gasteiger partial charge in [0.05, 0.1) is 0 Å². The summed E-state index contributed by atoms with van der Waals surface area (Å²) in [6.07, 6.45) is 3.75. The molecule has 2 amide bonds. The van der Waals surface area contributed by atoms with Crippen LogP contribution < -0.4 is 0 Å². The van der Waals surface area contributed by atoms with Crippen LogP contribution in [0.2, 0.25) is 0 Å². The second-order valence-electron chi connectivity index (χ2n) is 14.0. The molecule has 0 spiro atoms. The quantitative estimate of drug-likeness (QED) is 0.463. The fourth-order valence-corrected chi connectivity index (χ4v) is 7.81. The Morgan fingerprint density at radius 1 is 0.605 bits per heavy atom. The molecular formula is C34H46N2O2. The van der Waals surface area contributed by atoms with E-state index in [-0.39, 0.29) is 46.3 Å². The molecular weight excluding hydrogens is 468 g/mol. The van der Waals surface area contributed by atoms with Crippen LogP contribution in [0.25, 0.3) is 0 Å². The summed E-state index contributed by atoms with van der Waals surface area (Å²) in [7, 11) is 0. The Balaban J connectivity index is 1.29. The molecule has 0 saturated carbocycles. The molecule has 4 heteroatoms. The number of hydrogen-bond donors (Lipinski definition) is 0. The van der Waals surface area contributed by atoms with Crippen molar-refractivity contribution in [1.29, 1.82) is 0 Å². The van der Waals surface area contributed by atoms with Gasteiger partial charge in [0, 0.05) is 49.9 Å². The predicted octanol–water partition coefficient (Wildman–Crippen LogP) is 6.44. The van der Waals surface area contributed by atoms with Gasteiger partial charge in [0.2, 0.25) is 11.8 Å². The van der Waals surface area contributed by atoms with Gasteiger partial charge >= 0.3 is 0 Å². The highest BCUT2D eigenvalue weighted by molar-refractivity contribution is 5.83. The topological polar surface area (TPSA) is 40.6 Å². The molecule has 5 rings (SSSR count). The lowest BCUT2D eigenvalue weighted by Crippen LogP contribution is -2.55. The summed E-state index contributed by atoms with van der Waals surface area (Å²) in [5.41, 5.74) is 5.51. The van der Waals surface area contributed by atoms with Gasteiger partial charge in [-0.15, -0.1) is 0 Å². The Labute approximate surface area is 229 Å². The number of fused-ring (bicyclic) bond motifs is 2. The Kier molecular flexibility index (Phi) is 7.22. The van der Waals surface area contributed by atoms with Gasteiger partial charge in [-0.1, -0.05) is 90.1 Å². The largest absolute Gasteiger partial charge is 0.339 e. The highest BCUT2D eigenvalue weighted by Gasteiger charge is 2.45. The van der Waals surface area contributed by atoms with E-state index in [0.29, 0.717) is 26.2 Å². The maximum atomic E-state index is 13.9. The predicted molar refractivity (Wildman–Crippen MR) is 154 cm³/mol. The molecule has 204 valence electrons. The molecule has 1 fully saturated rings. The summed E-state index contributed by atoms with van der Waals surface area (Å²) in [6, 6.07) is 17.4. The van der Waals surface area contributed by atoms with Gasteiger partial charge in [0.15, 0.2) is 0 Å². The monoisotopic (exact) mass is 514 g/mol. The van der Waals surface area contributed by atoms with E-state index in [4.69, 9.17) is 0 Å². The van der Waals surface area contributed by atoms with Crippen LogP contribution >= 0.6 is 0 Å². The number of amides is 2. The van der Waals surface area contributed by atoms with Gasteiger partial charge in [0.25, 0.3) is 0 Å². The van der Waals surface area contributed by atoms with E-state index < -0.39 is 0 Å². The molecule has 1 heterocycles. The molecule has 0 aromatic heterocycles. The maximum Gasteiger partial charge on any atom is 0.226 e. The average Bonchev–Trinajstić information content (AvgIpc) is 2.89. The molecule has 0 radical (unpaired) electrons. The molecule has 2 aliphatic carbocycles. The molecule has 2 aromatic carbocycles. The van der Waals surface area contributed by atoms with Crippen molar-refractivity contribution < 1.29 is 9.59 Å². The molecule has 1 aliphatic heterocycles. The standard InChI is InChI=1S/C34H46N2O2/c1-33(2,3)29-25-13-9-7-11-23(25)15-17-27(29)31(37)35-19-21-36(22-20-35)32(38)28-18-16-24-12-8-10-14-26(24)30(28)34(4,5)6/h7-14,27-30H,15-22H2,1-6H3/t27-,28-,29+,30+/m1/s1. The van der Waals surface area contributed by atoms with Crippen molar-refractivity contribution >= 4 is 11.8 Å². The number of nitrogens with zero attached hydrogens (tertiary/aromatic N) is 2. The first-order valence-electron chi connectivity index (χ1n) is 14.7. The number of rotatable bonds is 2. The zero-order valence-electron chi connectivity index (χ0n) is 24.3. The summed E-state index contributed by atoms with van der Waals surface area (Å²) >= 11 is 0. The van der Waals surface area contributed by atoms with Gasteiger partial charge < -0.3 is 9.80 Å². The van der Waals surface area contributed by atoms with E-state index in [1.807, 2.05) is 0 Å². The van der Waals surface area contributed by atoms with Crippen LogP contribution in [-0.2, 0) is 22.4 Å². The van der Waals surface area contributed by atoms with Crippen molar-refractivity contribution in [1.82, 2.24) is 9.80 Å². The van der Waals surface area contributed by atoms with Crippen LogP contribution in [0.3, 0.4) is 0 Å². The lowest BCUT2D eigenvalue weighted by atomic mass is 9.63. The van der Waals surface area contributed by atoms with E-state index in [1.165, 1.54) is 22.3 Å². The molecule has 0 unspecified atom stereocenters. The number of carbonyl (C=O) groups excluding carboxylic acids is 2. The number of carbonyl (C=O) groups is 2. The van der Waals surface area contributed by atoms with E-state index in [9.17, 15) is 9.59 Å². The van der Waals surface area contributed by atoms with Gasteiger partial charge in [-0.25, -0.2) is 0 Å². The minimum absolute atomic E-state index is 0.00673. The van der Waals surface area contributed by atoms with Crippen molar-refractivity contribution in [3.8, 4) is 0 Å². The Hall–Kier alpha value is -2.62. The van der Waals surface area contributed by atoms with E-state index in [0.717, 1.165) is 25.7 Å². The van der Waals surface area contributed by atoms with Crippen molar-refractivity contribution in [3.05, 3.63) is 70.8 Å². The zero-order valence-corrected chi connectivity index (χ0v) is 24.3. The third kappa shape index (κ3) is 5.03. The van der Waals surface area contributed by atoms with Crippen molar-refractivity contribution in [2.24, 2.45) is 22.7 Å². The normalized spacial score (nSPS) is 25.9. The summed E-state index contributed by atoms with van der Waals surface area (Å²) in [6.45, 7) is 16.2. The first-order valence-corrected chi connectivity index (χ1v) is 14.7. The SMILES string of the molecule is CC(C)(C)[C@H]1c2ccccc2CC[C@H]1C(=O)N1CCN(C(=O)[C@@H]2CCc3ccccc3[C@@H]2C(C)(C)C)CC1. The van der Waals surface area contributed by atoms with Gasteiger partial charge in [0.1, 0.15) is 0 Å². The summed E-state index contributed by atoms with van der Waals surface area (Å²) in [4.78, 5) is 32.0. The minimum Gasteiger partial charge on any atom is -0.339 e. The summed E-state index contributed by atoms with van der Waals surface area (Å²) < 4.78 is 0. The first kappa shape index (κ1) is 27.0. The molecule has 4 atom stereocenters. The molecule has 2 aromatic rings. The fourth-order valence-electron chi connectivity index (χ4n) is 7.81. The Morgan fingerprint density at radius 2 is 0.947 bits per heavy atom. The number of piperazine rings is 1. The molecule has 1 saturated heterocycles. The fraction of sp³-hybridized carbons (Fsp3) is 0.588. The lowest BCUT2D eigenvalue weighted by Gasteiger charge is -2.46. The average molecular weight is 515 g/mol. The highest BCUT2D eigenvalue weighted by atomic mass is 16.2. The highest BCUT2D eigenvalue weighted by Crippen LogP contribution is 2.49. The number of aryl methyl sites for hydroxylation is 2. The summed E-state index contributed by atoms with van der Waals surface area (Å²) in [5, 5.41) is 0. The first-order chi connectivity index (χ1) is 18.0. The van der Waals surface area contributed by atoms with E-state index >= 15 is 0 Å². The second kappa shape index (κ2) is 10.2. The molecule has 0 N–H and O–H groups in total. The molecule has 3 aliphatic rings. The number of hydrogen-bond acceptors (Lipinski definition) is 2. The third-order valence-electron chi connectivity index (χ3n) is 9.44. The summed E-state index contributed by atoms with van der Waals surface area (Å²) in [5.74, 6) is 1.01. The van der Waals surface area contributed by atoms with Crippen LogP contribution in [0.4, 0.5) is 0 Å². The van der Waals surface area contributed by atoms with Crippen LogP contribution in [-0.4, -0.2) is 47.8 Å². The van der Waals surface area contributed by atoms with E-state index in [1.54, 1.807) is 0 Å². The minimum atomic E-state index is 0.00673. The van der Waals surface area contributed by atoms with Gasteiger partial charge in [-0.05, 0) is 58.8 Å². The van der Waals surface area contributed by atoms with Gasteiger partial charge in [-0.2, -0.15) is 0 Å². The lowest BCUT2D eigenvalue weighted by molar-refractivity contribution is -0.146.